The molecule has 1 amide bonds. The van der Waals surface area contributed by atoms with Gasteiger partial charge in [0.15, 0.2) is 0 Å². The van der Waals surface area contributed by atoms with Crippen LogP contribution in [0.25, 0.3) is 11.3 Å². The molecule has 2 aromatic heterocycles. The van der Waals surface area contributed by atoms with E-state index >= 15 is 0 Å². The summed E-state index contributed by atoms with van der Waals surface area (Å²) >= 11 is 2.19. The van der Waals surface area contributed by atoms with Gasteiger partial charge in [-0.05, 0) is 84.3 Å². The van der Waals surface area contributed by atoms with Gasteiger partial charge in [0.25, 0.3) is 5.91 Å². The van der Waals surface area contributed by atoms with E-state index in [0.717, 1.165) is 38.5 Å². The highest BCUT2D eigenvalue weighted by molar-refractivity contribution is 14.1. The van der Waals surface area contributed by atoms with Crippen LogP contribution in [0.3, 0.4) is 0 Å². The van der Waals surface area contributed by atoms with Gasteiger partial charge in [-0.2, -0.15) is 0 Å². The molecule has 33 heavy (non-hydrogen) atoms. The zero-order valence-corrected chi connectivity index (χ0v) is 21.0. The second-order valence-electron chi connectivity index (χ2n) is 8.29. The van der Waals surface area contributed by atoms with E-state index in [9.17, 15) is 9.59 Å². The third kappa shape index (κ3) is 7.05. The van der Waals surface area contributed by atoms with E-state index in [-0.39, 0.29) is 24.9 Å². The van der Waals surface area contributed by atoms with Crippen LogP contribution in [0.1, 0.15) is 54.4 Å². The Morgan fingerprint density at radius 1 is 1.15 bits per heavy atom. The molecular formula is C25H28IN3O4. The van der Waals surface area contributed by atoms with Gasteiger partial charge >= 0.3 is 5.97 Å². The molecule has 1 aromatic carbocycles. The number of benzene rings is 1. The number of aryl methyl sites for hydroxylation is 1. The Labute approximate surface area is 207 Å². The van der Waals surface area contributed by atoms with Crippen molar-refractivity contribution in [3.63, 3.8) is 0 Å². The monoisotopic (exact) mass is 561 g/mol. The number of halogens is 1. The third-order valence-corrected chi connectivity index (χ3v) is 5.75. The molecule has 3 aromatic rings. The van der Waals surface area contributed by atoms with Crippen molar-refractivity contribution in [2.75, 3.05) is 11.9 Å². The lowest BCUT2D eigenvalue weighted by Crippen LogP contribution is -2.25. The Morgan fingerprint density at radius 3 is 2.52 bits per heavy atom. The van der Waals surface area contributed by atoms with Crippen LogP contribution in [0.15, 0.2) is 53.1 Å². The molecule has 174 valence electrons. The van der Waals surface area contributed by atoms with Gasteiger partial charge in [-0.1, -0.05) is 13.8 Å². The number of nitrogens with zero attached hydrogens (tertiary/aromatic N) is 1. The van der Waals surface area contributed by atoms with E-state index in [1.807, 2.05) is 31.2 Å². The fourth-order valence-electron chi connectivity index (χ4n) is 3.58. The molecule has 0 aliphatic carbocycles. The summed E-state index contributed by atoms with van der Waals surface area (Å²) in [4.78, 5) is 27.0. The lowest BCUT2D eigenvalue weighted by atomic mass is 9.96. The van der Waals surface area contributed by atoms with Crippen LogP contribution < -0.4 is 10.6 Å². The fraction of sp³-hybridized carbons (Fsp3) is 0.320. The molecular weight excluding hydrogens is 533 g/mol. The highest BCUT2D eigenvalue weighted by Crippen LogP contribution is 2.34. The van der Waals surface area contributed by atoms with Crippen LogP contribution in [0, 0.1) is 16.5 Å². The molecule has 3 rings (SSSR count). The Balaban J connectivity index is 1.76. The first-order valence-electron chi connectivity index (χ1n) is 10.8. The summed E-state index contributed by atoms with van der Waals surface area (Å²) in [6.45, 7) is 6.44. The number of pyridine rings is 1. The number of amides is 1. The van der Waals surface area contributed by atoms with Gasteiger partial charge in [0, 0.05) is 35.1 Å². The molecule has 0 fully saturated rings. The number of hydrogen-bond acceptors (Lipinski definition) is 5. The van der Waals surface area contributed by atoms with Crippen molar-refractivity contribution in [3.8, 4) is 11.3 Å². The molecule has 0 aliphatic heterocycles. The topological polar surface area (TPSA) is 104 Å². The number of nitrogens with one attached hydrogen (secondary N) is 2. The number of aromatic nitrogens is 1. The quantitative estimate of drug-likeness (QED) is 0.218. The maximum absolute atomic E-state index is 12.2. The van der Waals surface area contributed by atoms with Crippen molar-refractivity contribution >= 4 is 40.2 Å². The molecule has 0 saturated carbocycles. The Kier molecular flexibility index (Phi) is 8.49. The zero-order valence-electron chi connectivity index (χ0n) is 18.9. The van der Waals surface area contributed by atoms with Crippen LogP contribution in [0.4, 0.5) is 5.69 Å². The van der Waals surface area contributed by atoms with Crippen molar-refractivity contribution < 1.29 is 19.1 Å². The average molecular weight is 561 g/mol. The maximum atomic E-state index is 12.2. The van der Waals surface area contributed by atoms with Crippen molar-refractivity contribution in [2.45, 2.75) is 39.7 Å². The summed E-state index contributed by atoms with van der Waals surface area (Å²) in [5, 5.41) is 14.9. The lowest BCUT2D eigenvalue weighted by molar-refractivity contribution is -0.136. The minimum atomic E-state index is -0.942. The van der Waals surface area contributed by atoms with Crippen molar-refractivity contribution in [1.82, 2.24) is 10.3 Å². The zero-order chi connectivity index (χ0) is 24.0. The number of furan rings is 1. The second-order valence-corrected chi connectivity index (χ2v) is 9.40. The third-order valence-electron chi connectivity index (χ3n) is 5.16. The lowest BCUT2D eigenvalue weighted by Gasteiger charge is -2.21. The Bertz CT molecular complexity index is 1110. The molecule has 0 saturated heterocycles. The summed E-state index contributed by atoms with van der Waals surface area (Å²) in [6.07, 6.45) is 2.58. The molecule has 1 unspecified atom stereocenters. The van der Waals surface area contributed by atoms with Gasteiger partial charge in [-0.15, -0.1) is 0 Å². The average Bonchev–Trinajstić information content (AvgIpc) is 3.15. The number of carboxylic acid groups (broad SMARTS) is 1. The van der Waals surface area contributed by atoms with Crippen LogP contribution in [-0.2, 0) is 4.79 Å². The molecule has 0 spiro atoms. The van der Waals surface area contributed by atoms with Gasteiger partial charge in [-0.25, -0.2) is 0 Å². The van der Waals surface area contributed by atoms with Crippen LogP contribution >= 0.6 is 22.6 Å². The van der Waals surface area contributed by atoms with Gasteiger partial charge < -0.3 is 20.2 Å². The largest absolute Gasteiger partial charge is 0.481 e. The van der Waals surface area contributed by atoms with E-state index in [1.165, 1.54) is 0 Å². The van der Waals surface area contributed by atoms with E-state index < -0.39 is 5.97 Å². The normalized spacial score (nSPS) is 11.9. The highest BCUT2D eigenvalue weighted by Gasteiger charge is 2.20. The molecule has 0 bridgehead atoms. The van der Waals surface area contributed by atoms with E-state index in [0.29, 0.717) is 11.5 Å². The number of carbonyl (C=O) groups excluding carboxylic acids is 1. The molecule has 0 radical (unpaired) electrons. The van der Waals surface area contributed by atoms with E-state index in [4.69, 9.17) is 9.52 Å². The molecule has 3 N–H and O–H groups in total. The summed E-state index contributed by atoms with van der Waals surface area (Å²) in [7, 11) is 0. The second kappa shape index (κ2) is 11.3. The summed E-state index contributed by atoms with van der Waals surface area (Å²) < 4.78 is 7.00. The predicted octanol–water partition coefficient (Wildman–Crippen LogP) is 5.66. The standard InChI is InChI=1S/C25H28IN3O4/c1-15(2)12-21(20-14-22(33-16(20)3)18-8-10-27-23(26)13-18)29-19-6-4-17(5-7-19)25(32)28-11-9-24(30)31/h4-8,10,13-15,21,29H,9,11-12H2,1-3H3,(H,28,32)(H,30,31). The van der Waals surface area contributed by atoms with Gasteiger partial charge in [-0.3, -0.25) is 14.6 Å². The van der Waals surface area contributed by atoms with Crippen molar-refractivity contribution in [2.24, 2.45) is 5.92 Å². The van der Waals surface area contributed by atoms with Crippen molar-refractivity contribution in [1.29, 1.82) is 0 Å². The number of anilines is 1. The Morgan fingerprint density at radius 2 is 1.88 bits per heavy atom. The van der Waals surface area contributed by atoms with Crippen molar-refractivity contribution in [3.05, 3.63) is 69.2 Å². The smallest absolute Gasteiger partial charge is 0.305 e. The van der Waals surface area contributed by atoms with Gasteiger partial charge in [0.05, 0.1) is 12.5 Å². The summed E-state index contributed by atoms with van der Waals surface area (Å²) in [5.74, 6) is 0.906. The molecule has 7 nitrogen and oxygen atoms in total. The first-order chi connectivity index (χ1) is 15.7. The van der Waals surface area contributed by atoms with Crippen LogP contribution in [0.2, 0.25) is 0 Å². The molecule has 2 heterocycles. The summed E-state index contributed by atoms with van der Waals surface area (Å²) in [5.41, 5.74) is 3.47. The molecule has 8 heteroatoms. The predicted molar refractivity (Wildman–Crippen MR) is 136 cm³/mol. The number of carboxylic acids is 1. The molecule has 1 atom stereocenters. The first-order valence-corrected chi connectivity index (χ1v) is 11.9. The van der Waals surface area contributed by atoms with Gasteiger partial charge in [0.1, 0.15) is 15.2 Å². The number of carbonyl (C=O) groups is 2. The number of rotatable bonds is 10. The van der Waals surface area contributed by atoms with E-state index in [1.54, 1.807) is 18.3 Å². The maximum Gasteiger partial charge on any atom is 0.305 e. The number of aliphatic carboxylic acids is 1. The summed E-state index contributed by atoms with van der Waals surface area (Å²) in [6, 6.07) is 13.3. The SMILES string of the molecule is Cc1oc(-c2ccnc(I)c2)cc1C(CC(C)C)Nc1ccc(C(=O)NCCC(=O)O)cc1. The minimum absolute atomic E-state index is 0.0404. The first kappa shape index (κ1) is 24.8. The molecule has 0 aliphatic rings. The van der Waals surface area contributed by atoms with Crippen LogP contribution in [-0.4, -0.2) is 28.5 Å². The fourth-order valence-corrected chi connectivity index (χ4v) is 4.08. The van der Waals surface area contributed by atoms with E-state index in [2.05, 4.69) is 58.1 Å². The minimum Gasteiger partial charge on any atom is -0.481 e. The van der Waals surface area contributed by atoms with Crippen LogP contribution in [0.5, 0.6) is 0 Å². The van der Waals surface area contributed by atoms with Gasteiger partial charge in [0.2, 0.25) is 0 Å². The Hall–Kier alpha value is -2.88. The highest BCUT2D eigenvalue weighted by atomic mass is 127. The number of hydrogen-bond donors (Lipinski definition) is 3.